The average Bonchev–Trinajstić information content (AvgIpc) is 2.20. The van der Waals surface area contributed by atoms with Gasteiger partial charge in [-0.15, -0.1) is 0 Å². The number of carbonyl (C=O) groups excluding carboxylic acids is 1. The molecule has 0 saturated heterocycles. The Kier molecular flexibility index (Phi) is 3.70. The predicted octanol–water partition coefficient (Wildman–Crippen LogP) is 1.46. The van der Waals surface area contributed by atoms with Gasteiger partial charge in [0.05, 0.1) is 13.5 Å². The minimum Gasteiger partial charge on any atom is -0.469 e. The Morgan fingerprint density at radius 3 is 2.75 bits per heavy atom. The topological polar surface area (TPSA) is 65.2 Å². The van der Waals surface area contributed by atoms with Gasteiger partial charge < -0.3 is 10.5 Å². The molecule has 0 bridgehead atoms. The molecule has 2 N–H and O–H groups in total. The highest BCUT2D eigenvalue weighted by atomic mass is 19.3. The van der Waals surface area contributed by atoms with Crippen LogP contribution in [0.5, 0.6) is 0 Å². The lowest BCUT2D eigenvalue weighted by atomic mass is 10.1. The second-order valence-corrected chi connectivity index (χ2v) is 2.95. The average molecular weight is 234 g/mol. The second-order valence-electron chi connectivity index (χ2n) is 2.95. The van der Waals surface area contributed by atoms with Crippen molar-refractivity contribution in [2.45, 2.75) is 12.8 Å². The summed E-state index contributed by atoms with van der Waals surface area (Å²) in [5, 5.41) is 0. The molecule has 4 nitrogen and oxygen atoms in total. The zero-order valence-corrected chi connectivity index (χ0v) is 8.34. The number of aromatic nitrogens is 1. The molecule has 16 heavy (non-hydrogen) atoms. The summed E-state index contributed by atoms with van der Waals surface area (Å²) in [7, 11) is 1.11. The third-order valence-electron chi connectivity index (χ3n) is 1.94. The van der Waals surface area contributed by atoms with Gasteiger partial charge in [0.1, 0.15) is 5.82 Å². The van der Waals surface area contributed by atoms with Crippen LogP contribution in [0, 0.1) is 5.95 Å². The van der Waals surface area contributed by atoms with Crippen molar-refractivity contribution in [3.8, 4) is 0 Å². The van der Waals surface area contributed by atoms with E-state index in [2.05, 4.69) is 9.72 Å². The van der Waals surface area contributed by atoms with Crippen molar-refractivity contribution < 1.29 is 22.7 Å². The predicted molar refractivity (Wildman–Crippen MR) is 49.3 cm³/mol. The maximum absolute atomic E-state index is 12.7. The fraction of sp³-hybridized carbons (Fsp3) is 0.333. The number of pyridine rings is 1. The van der Waals surface area contributed by atoms with Crippen molar-refractivity contribution in [3.05, 3.63) is 23.1 Å². The molecular formula is C9H9F3N2O2. The van der Waals surface area contributed by atoms with Crippen LogP contribution in [0.3, 0.4) is 0 Å². The van der Waals surface area contributed by atoms with Crippen LogP contribution in [0.4, 0.5) is 19.0 Å². The number of hydrogen-bond acceptors (Lipinski definition) is 4. The molecule has 0 radical (unpaired) electrons. The fourth-order valence-corrected chi connectivity index (χ4v) is 1.18. The van der Waals surface area contributed by atoms with E-state index in [9.17, 15) is 18.0 Å². The molecule has 0 aliphatic carbocycles. The van der Waals surface area contributed by atoms with Gasteiger partial charge in [-0.25, -0.2) is 13.8 Å². The van der Waals surface area contributed by atoms with E-state index < -0.39 is 36.1 Å². The highest BCUT2D eigenvalue weighted by Gasteiger charge is 2.20. The number of anilines is 1. The lowest BCUT2D eigenvalue weighted by Gasteiger charge is -2.10. The molecule has 0 aliphatic rings. The molecule has 7 heteroatoms. The summed E-state index contributed by atoms with van der Waals surface area (Å²) < 4.78 is 42.1. The quantitative estimate of drug-likeness (QED) is 0.635. The van der Waals surface area contributed by atoms with E-state index in [1.807, 2.05) is 0 Å². The van der Waals surface area contributed by atoms with Crippen LogP contribution in [-0.4, -0.2) is 18.1 Å². The summed E-state index contributed by atoms with van der Waals surface area (Å²) in [6, 6.07) is 0.555. The largest absolute Gasteiger partial charge is 0.469 e. The highest BCUT2D eigenvalue weighted by Crippen LogP contribution is 2.27. The van der Waals surface area contributed by atoms with Crippen LogP contribution in [0.2, 0.25) is 0 Å². The molecule has 1 heterocycles. The first kappa shape index (κ1) is 12.3. The van der Waals surface area contributed by atoms with Crippen LogP contribution < -0.4 is 5.73 Å². The summed E-state index contributed by atoms with van der Waals surface area (Å²) in [6.45, 7) is 0. The van der Waals surface area contributed by atoms with Gasteiger partial charge in [0.25, 0.3) is 6.43 Å². The number of carbonyl (C=O) groups is 1. The minimum atomic E-state index is -2.93. The molecule has 1 aromatic rings. The molecule has 0 amide bonds. The number of ether oxygens (including phenoxy) is 1. The van der Waals surface area contributed by atoms with Crippen LogP contribution in [0.15, 0.2) is 6.07 Å². The number of halogens is 3. The van der Waals surface area contributed by atoms with Crippen molar-refractivity contribution >= 4 is 11.8 Å². The molecule has 88 valence electrons. The zero-order valence-electron chi connectivity index (χ0n) is 8.34. The van der Waals surface area contributed by atoms with E-state index in [-0.39, 0.29) is 5.56 Å². The second kappa shape index (κ2) is 4.82. The molecule has 0 atom stereocenters. The van der Waals surface area contributed by atoms with E-state index in [1.54, 1.807) is 0 Å². The summed E-state index contributed by atoms with van der Waals surface area (Å²) in [4.78, 5) is 14.1. The van der Waals surface area contributed by atoms with Crippen LogP contribution in [-0.2, 0) is 16.0 Å². The van der Waals surface area contributed by atoms with Gasteiger partial charge in [0, 0.05) is 17.2 Å². The Morgan fingerprint density at radius 2 is 2.25 bits per heavy atom. The maximum atomic E-state index is 12.7. The summed E-state index contributed by atoms with van der Waals surface area (Å²) >= 11 is 0. The van der Waals surface area contributed by atoms with Crippen molar-refractivity contribution in [1.82, 2.24) is 4.98 Å². The van der Waals surface area contributed by atoms with Crippen LogP contribution in [0.25, 0.3) is 0 Å². The molecule has 0 fully saturated rings. The van der Waals surface area contributed by atoms with Crippen LogP contribution >= 0.6 is 0 Å². The van der Waals surface area contributed by atoms with Gasteiger partial charge in [0.15, 0.2) is 0 Å². The van der Waals surface area contributed by atoms with Gasteiger partial charge in [-0.1, -0.05) is 0 Å². The molecule has 0 unspecified atom stereocenters. The Morgan fingerprint density at radius 1 is 1.62 bits per heavy atom. The number of esters is 1. The molecule has 0 aliphatic heterocycles. The van der Waals surface area contributed by atoms with Crippen molar-refractivity contribution in [2.75, 3.05) is 12.8 Å². The Bertz CT molecular complexity index is 410. The van der Waals surface area contributed by atoms with Gasteiger partial charge in [-0.05, 0) is 0 Å². The molecule has 0 aromatic carbocycles. The highest BCUT2D eigenvalue weighted by molar-refractivity contribution is 5.74. The summed E-state index contributed by atoms with van der Waals surface area (Å²) in [5.41, 5.74) is 4.42. The fourth-order valence-electron chi connectivity index (χ4n) is 1.18. The number of nitrogens with zero attached hydrogens (tertiary/aromatic N) is 1. The minimum absolute atomic E-state index is 0.205. The Labute approximate surface area is 89.2 Å². The van der Waals surface area contributed by atoms with Crippen molar-refractivity contribution in [3.63, 3.8) is 0 Å². The summed E-state index contributed by atoms with van der Waals surface area (Å²) in [5.74, 6) is -2.29. The summed E-state index contributed by atoms with van der Waals surface area (Å²) in [6.07, 6.45) is -3.39. The van der Waals surface area contributed by atoms with E-state index in [0.29, 0.717) is 6.07 Å². The zero-order chi connectivity index (χ0) is 12.3. The van der Waals surface area contributed by atoms with E-state index in [4.69, 9.17) is 5.73 Å². The first-order chi connectivity index (χ1) is 7.45. The number of nitrogen functional groups attached to an aromatic ring is 1. The first-order valence-corrected chi connectivity index (χ1v) is 4.25. The lowest BCUT2D eigenvalue weighted by Crippen LogP contribution is -2.12. The molecule has 1 rings (SSSR count). The lowest BCUT2D eigenvalue weighted by molar-refractivity contribution is -0.139. The maximum Gasteiger partial charge on any atom is 0.310 e. The molecule has 0 spiro atoms. The van der Waals surface area contributed by atoms with Gasteiger partial charge >= 0.3 is 5.97 Å². The van der Waals surface area contributed by atoms with Crippen molar-refractivity contribution in [2.24, 2.45) is 0 Å². The smallest absolute Gasteiger partial charge is 0.310 e. The normalized spacial score (nSPS) is 10.6. The Hall–Kier alpha value is -1.79. The monoisotopic (exact) mass is 234 g/mol. The van der Waals surface area contributed by atoms with E-state index in [1.165, 1.54) is 0 Å². The van der Waals surface area contributed by atoms with Gasteiger partial charge in [-0.2, -0.15) is 4.39 Å². The van der Waals surface area contributed by atoms with E-state index >= 15 is 0 Å². The number of nitrogens with two attached hydrogens (primary N) is 1. The van der Waals surface area contributed by atoms with Crippen molar-refractivity contribution in [1.29, 1.82) is 0 Å². The standard InChI is InChI=1S/C9H9F3N2O2/c1-16-7(15)3-5-4(8(11)12)2-6(10)14-9(5)13/h2,8H,3H2,1H3,(H2,13,14). The number of rotatable bonds is 3. The molecule has 1 aromatic heterocycles. The third kappa shape index (κ3) is 2.62. The number of methoxy groups -OCH3 is 1. The number of alkyl halides is 2. The van der Waals surface area contributed by atoms with Gasteiger partial charge in [-0.3, -0.25) is 4.79 Å². The first-order valence-electron chi connectivity index (χ1n) is 4.25. The van der Waals surface area contributed by atoms with E-state index in [0.717, 1.165) is 7.11 Å². The van der Waals surface area contributed by atoms with Gasteiger partial charge in [0.2, 0.25) is 5.95 Å². The number of hydrogen-bond donors (Lipinski definition) is 1. The van der Waals surface area contributed by atoms with Crippen LogP contribution in [0.1, 0.15) is 17.6 Å². The molecule has 0 saturated carbocycles. The third-order valence-corrected chi connectivity index (χ3v) is 1.94. The Balaban J connectivity index is 3.19. The SMILES string of the molecule is COC(=O)Cc1c(C(F)F)cc(F)nc1N. The molecular weight excluding hydrogens is 225 g/mol.